The first-order chi connectivity index (χ1) is 8.66. The van der Waals surface area contributed by atoms with Crippen LogP contribution >= 0.6 is 0 Å². The Morgan fingerprint density at radius 3 is 2.67 bits per heavy atom. The van der Waals surface area contributed by atoms with Crippen LogP contribution in [-0.4, -0.2) is 14.8 Å². The molecule has 5 nitrogen and oxygen atoms in total. The number of benzene rings is 1. The van der Waals surface area contributed by atoms with Crippen molar-refractivity contribution in [1.29, 1.82) is 0 Å². The van der Waals surface area contributed by atoms with E-state index < -0.39 is 0 Å². The number of rotatable bonds is 1. The first-order valence-corrected chi connectivity index (χ1v) is 5.66. The summed E-state index contributed by atoms with van der Waals surface area (Å²) in [7, 11) is 1.79. The van der Waals surface area contributed by atoms with E-state index in [1.807, 2.05) is 30.3 Å². The molecule has 0 aliphatic heterocycles. The minimum absolute atomic E-state index is 0.525. The zero-order valence-corrected chi connectivity index (χ0v) is 10.2. The van der Waals surface area contributed by atoms with Crippen molar-refractivity contribution in [2.45, 2.75) is 6.92 Å². The van der Waals surface area contributed by atoms with Crippen LogP contribution in [0.2, 0.25) is 0 Å². The lowest BCUT2D eigenvalue weighted by Crippen LogP contribution is -2.27. The molecule has 0 bridgehead atoms. The number of aryl methyl sites for hydroxylation is 2. The third-order valence-electron chi connectivity index (χ3n) is 2.92. The first-order valence-electron chi connectivity index (χ1n) is 5.66. The molecule has 1 aromatic carbocycles. The molecule has 5 heteroatoms. The summed E-state index contributed by atoms with van der Waals surface area (Å²) in [5.41, 5.74) is 3.39. The molecule has 0 saturated heterocycles. The minimum atomic E-state index is 0.525. The number of nitrogens with zero attached hydrogens (tertiary/aromatic N) is 4. The van der Waals surface area contributed by atoms with E-state index in [0.717, 1.165) is 10.3 Å². The second-order valence-electron chi connectivity index (χ2n) is 4.20. The quantitative estimate of drug-likeness (QED) is 0.479. The molecule has 18 heavy (non-hydrogen) atoms. The third kappa shape index (κ3) is 1.52. The Bertz CT molecular complexity index is 719. The molecule has 0 unspecified atom stereocenters. The highest BCUT2D eigenvalue weighted by Crippen LogP contribution is 2.18. The van der Waals surface area contributed by atoms with Gasteiger partial charge in [-0.15, -0.1) is 0 Å². The Labute approximate surface area is 104 Å². The van der Waals surface area contributed by atoms with Crippen molar-refractivity contribution in [1.82, 2.24) is 14.8 Å². The van der Waals surface area contributed by atoms with Crippen molar-refractivity contribution >= 4 is 11.2 Å². The van der Waals surface area contributed by atoms with Gasteiger partial charge in [0.1, 0.15) is 11.4 Å². The van der Waals surface area contributed by atoms with Gasteiger partial charge in [-0.3, -0.25) is 0 Å². The summed E-state index contributed by atoms with van der Waals surface area (Å²) in [4.78, 5) is 4.51. The number of hydrogen-bond acceptors (Lipinski definition) is 3. The van der Waals surface area contributed by atoms with Crippen LogP contribution in [-0.2, 0) is 7.05 Å². The normalized spacial score (nSPS) is 11.0. The smallest absolute Gasteiger partial charge is 0.284 e. The highest BCUT2D eigenvalue weighted by Gasteiger charge is 2.17. The zero-order valence-electron chi connectivity index (χ0n) is 10.2. The molecule has 0 saturated carbocycles. The van der Waals surface area contributed by atoms with Crippen LogP contribution < -0.4 is 4.73 Å². The van der Waals surface area contributed by atoms with E-state index in [1.54, 1.807) is 18.7 Å². The predicted octanol–water partition coefficient (Wildman–Crippen LogP) is 1.58. The van der Waals surface area contributed by atoms with Gasteiger partial charge in [0.2, 0.25) is 11.8 Å². The van der Waals surface area contributed by atoms with Crippen LogP contribution in [0.5, 0.6) is 0 Å². The van der Waals surface area contributed by atoms with E-state index in [9.17, 15) is 5.21 Å². The van der Waals surface area contributed by atoms with E-state index in [2.05, 4.69) is 10.1 Å². The zero-order chi connectivity index (χ0) is 12.7. The molecule has 3 aromatic rings. The number of hydrogen-bond donors (Lipinski definition) is 0. The molecule has 0 aliphatic carbocycles. The molecule has 0 aliphatic rings. The number of fused-ring (bicyclic) bond motifs is 1. The molecule has 0 spiro atoms. The Kier molecular flexibility index (Phi) is 2.26. The van der Waals surface area contributed by atoms with Gasteiger partial charge in [-0.1, -0.05) is 30.3 Å². The lowest BCUT2D eigenvalue weighted by Gasteiger charge is -2.03. The van der Waals surface area contributed by atoms with Gasteiger partial charge < -0.3 is 5.21 Å². The van der Waals surface area contributed by atoms with Crippen molar-refractivity contribution in [3.05, 3.63) is 47.4 Å². The van der Waals surface area contributed by atoms with E-state index in [4.69, 9.17) is 0 Å². The average Bonchev–Trinajstić information content (AvgIpc) is 2.66. The second-order valence-corrected chi connectivity index (χ2v) is 4.20. The molecule has 0 fully saturated rings. The summed E-state index contributed by atoms with van der Waals surface area (Å²) in [5.74, 6) is 0. The highest BCUT2D eigenvalue weighted by atomic mass is 16.5. The first kappa shape index (κ1) is 10.7. The van der Waals surface area contributed by atoms with Crippen molar-refractivity contribution in [2.24, 2.45) is 7.05 Å². The van der Waals surface area contributed by atoms with Crippen molar-refractivity contribution in [2.75, 3.05) is 0 Å². The van der Waals surface area contributed by atoms with Crippen LogP contribution in [0, 0.1) is 12.1 Å². The SMILES string of the molecule is Cc1nn(C)c2nc(-c3ccccc3)c[n+]([O-])c12. The molecule has 2 aromatic heterocycles. The van der Waals surface area contributed by atoms with Crippen LogP contribution in [0.15, 0.2) is 36.5 Å². The molecular formula is C13H12N4O. The fourth-order valence-corrected chi connectivity index (χ4v) is 2.08. The second kappa shape index (κ2) is 3.80. The summed E-state index contributed by atoms with van der Waals surface area (Å²) in [6.45, 7) is 1.81. The Hall–Kier alpha value is -2.43. The van der Waals surface area contributed by atoms with Gasteiger partial charge in [-0.2, -0.15) is 9.83 Å². The van der Waals surface area contributed by atoms with E-state index in [-0.39, 0.29) is 0 Å². The van der Waals surface area contributed by atoms with E-state index >= 15 is 0 Å². The molecule has 3 rings (SSSR count). The lowest BCUT2D eigenvalue weighted by atomic mass is 10.2. The summed E-state index contributed by atoms with van der Waals surface area (Å²) in [6.07, 6.45) is 1.49. The molecule has 0 atom stereocenters. The van der Waals surface area contributed by atoms with Gasteiger partial charge in [0.05, 0.1) is 0 Å². The summed E-state index contributed by atoms with van der Waals surface area (Å²) in [5, 5.41) is 16.2. The maximum absolute atomic E-state index is 12.0. The van der Waals surface area contributed by atoms with Crippen LogP contribution in [0.3, 0.4) is 0 Å². The van der Waals surface area contributed by atoms with Gasteiger partial charge in [-0.25, -0.2) is 9.67 Å². The van der Waals surface area contributed by atoms with Crippen molar-refractivity contribution in [3.63, 3.8) is 0 Å². The Balaban J connectivity index is 2.31. The van der Waals surface area contributed by atoms with E-state index in [1.165, 1.54) is 6.20 Å². The Morgan fingerprint density at radius 1 is 1.22 bits per heavy atom. The van der Waals surface area contributed by atoms with Gasteiger partial charge >= 0.3 is 0 Å². The molecule has 0 amide bonds. The van der Waals surface area contributed by atoms with E-state index in [0.29, 0.717) is 22.6 Å². The topological polar surface area (TPSA) is 57.7 Å². The number of aromatic nitrogens is 4. The van der Waals surface area contributed by atoms with Crippen molar-refractivity contribution in [3.8, 4) is 11.3 Å². The van der Waals surface area contributed by atoms with Crippen LogP contribution in [0.1, 0.15) is 5.69 Å². The van der Waals surface area contributed by atoms with Crippen molar-refractivity contribution < 1.29 is 4.73 Å². The molecule has 2 heterocycles. The van der Waals surface area contributed by atoms with Gasteiger partial charge in [0.25, 0.3) is 5.52 Å². The summed E-state index contributed by atoms with van der Waals surface area (Å²) >= 11 is 0. The summed E-state index contributed by atoms with van der Waals surface area (Å²) in [6, 6.07) is 9.63. The standard InChI is InChI=1S/C13H12N4O/c1-9-12-13(16(2)15-9)14-11(8-17(12)18)10-6-4-3-5-7-10/h3-8H,1-2H3. The summed E-state index contributed by atoms with van der Waals surface area (Å²) < 4.78 is 2.47. The van der Waals surface area contributed by atoms with Gasteiger partial charge in [-0.05, 0) is 6.92 Å². The molecular weight excluding hydrogens is 228 g/mol. The van der Waals surface area contributed by atoms with Gasteiger partial charge in [0, 0.05) is 12.6 Å². The largest absolute Gasteiger partial charge is 0.618 e. The Morgan fingerprint density at radius 2 is 1.94 bits per heavy atom. The monoisotopic (exact) mass is 240 g/mol. The average molecular weight is 240 g/mol. The highest BCUT2D eigenvalue weighted by molar-refractivity contribution is 5.72. The molecule has 0 N–H and O–H groups in total. The fraction of sp³-hybridized carbons (Fsp3) is 0.154. The van der Waals surface area contributed by atoms with Gasteiger partial charge in [0.15, 0.2) is 0 Å². The fourth-order valence-electron chi connectivity index (χ4n) is 2.08. The minimum Gasteiger partial charge on any atom is -0.618 e. The molecule has 0 radical (unpaired) electrons. The maximum atomic E-state index is 12.0. The molecule has 90 valence electrons. The predicted molar refractivity (Wildman–Crippen MR) is 67.6 cm³/mol. The van der Waals surface area contributed by atoms with Crippen LogP contribution in [0.25, 0.3) is 22.4 Å². The lowest BCUT2D eigenvalue weighted by molar-refractivity contribution is -0.577. The maximum Gasteiger partial charge on any atom is 0.284 e. The van der Waals surface area contributed by atoms with Crippen LogP contribution in [0.4, 0.5) is 0 Å². The third-order valence-corrected chi connectivity index (χ3v) is 2.92.